The van der Waals surface area contributed by atoms with Crippen molar-refractivity contribution < 1.29 is 14.3 Å². The van der Waals surface area contributed by atoms with Gasteiger partial charge in [0.05, 0.1) is 6.61 Å². The fourth-order valence-electron chi connectivity index (χ4n) is 1.22. The van der Waals surface area contributed by atoms with Crippen LogP contribution in [-0.4, -0.2) is 19.5 Å². The van der Waals surface area contributed by atoms with Crippen molar-refractivity contribution >= 4 is 6.29 Å². The summed E-state index contributed by atoms with van der Waals surface area (Å²) in [7, 11) is 0. The lowest BCUT2D eigenvalue weighted by Crippen LogP contribution is -2.02. The zero-order valence-electron chi connectivity index (χ0n) is 8.49. The first kappa shape index (κ1) is 10.8. The number of hydrogen-bond acceptors (Lipinski definition) is 3. The van der Waals surface area contributed by atoms with Crippen LogP contribution in [0.15, 0.2) is 23.7 Å². The maximum Gasteiger partial charge on any atom is 0.157 e. The van der Waals surface area contributed by atoms with Crippen LogP contribution in [0.25, 0.3) is 0 Å². The van der Waals surface area contributed by atoms with Gasteiger partial charge >= 0.3 is 0 Å². The highest BCUT2D eigenvalue weighted by atomic mass is 16.5. The summed E-state index contributed by atoms with van der Waals surface area (Å²) in [5.41, 5.74) is 0. The number of ether oxygens (including phenoxy) is 2. The number of carbonyl (C=O) groups is 1. The summed E-state index contributed by atoms with van der Waals surface area (Å²) >= 11 is 0. The van der Waals surface area contributed by atoms with E-state index in [4.69, 9.17) is 9.47 Å². The molecule has 0 unspecified atom stereocenters. The van der Waals surface area contributed by atoms with Gasteiger partial charge in [0.25, 0.3) is 0 Å². The summed E-state index contributed by atoms with van der Waals surface area (Å²) in [6.45, 7) is 2.92. The molecule has 14 heavy (non-hydrogen) atoms. The van der Waals surface area contributed by atoms with E-state index >= 15 is 0 Å². The predicted molar refractivity (Wildman–Crippen MR) is 53.7 cm³/mol. The third-order valence-corrected chi connectivity index (χ3v) is 1.85. The summed E-state index contributed by atoms with van der Waals surface area (Å²) in [4.78, 5) is 10.1. The monoisotopic (exact) mass is 196 g/mol. The first-order valence-corrected chi connectivity index (χ1v) is 4.96. The van der Waals surface area contributed by atoms with Crippen LogP contribution in [0.3, 0.4) is 0 Å². The average molecular weight is 196 g/mol. The van der Waals surface area contributed by atoms with E-state index in [1.807, 2.05) is 12.2 Å². The van der Waals surface area contributed by atoms with Crippen LogP contribution < -0.4 is 0 Å². The average Bonchev–Trinajstić information content (AvgIpc) is 2.24. The molecule has 0 aromatic rings. The minimum atomic E-state index is 0.132. The molecule has 0 heterocycles. The Morgan fingerprint density at radius 2 is 2.36 bits per heavy atom. The fraction of sp³-hybridized carbons (Fsp3) is 0.545. The highest BCUT2D eigenvalue weighted by molar-refractivity contribution is 5.50. The first-order valence-electron chi connectivity index (χ1n) is 4.96. The molecular formula is C11H16O3. The van der Waals surface area contributed by atoms with E-state index in [0.717, 1.165) is 43.7 Å². The number of aldehydes is 1. The Labute approximate surface area is 84.4 Å². The van der Waals surface area contributed by atoms with Crippen molar-refractivity contribution in [1.82, 2.24) is 0 Å². The molecule has 0 radical (unpaired) electrons. The lowest BCUT2D eigenvalue weighted by Gasteiger charge is -2.14. The van der Waals surface area contributed by atoms with Crippen molar-refractivity contribution in [2.45, 2.75) is 26.2 Å². The van der Waals surface area contributed by atoms with Gasteiger partial charge in [-0.1, -0.05) is 6.92 Å². The Morgan fingerprint density at radius 1 is 1.50 bits per heavy atom. The molecule has 0 saturated carbocycles. The van der Waals surface area contributed by atoms with Gasteiger partial charge in [-0.25, -0.2) is 0 Å². The van der Waals surface area contributed by atoms with Gasteiger partial charge in [-0.15, -0.1) is 0 Å². The van der Waals surface area contributed by atoms with Crippen molar-refractivity contribution in [3.63, 3.8) is 0 Å². The molecule has 1 aliphatic rings. The normalized spacial score (nSPS) is 15.5. The number of carbonyl (C=O) groups excluding carboxylic acids is 1. The summed E-state index contributed by atoms with van der Waals surface area (Å²) in [6.07, 6.45) is 7.43. The summed E-state index contributed by atoms with van der Waals surface area (Å²) in [6, 6.07) is 0. The maximum absolute atomic E-state index is 10.1. The van der Waals surface area contributed by atoms with Crippen molar-refractivity contribution in [1.29, 1.82) is 0 Å². The predicted octanol–water partition coefficient (Wildman–Crippen LogP) is 2.19. The molecule has 1 rings (SSSR count). The lowest BCUT2D eigenvalue weighted by atomic mass is 10.1. The molecule has 0 aromatic carbocycles. The van der Waals surface area contributed by atoms with Crippen LogP contribution in [0.5, 0.6) is 0 Å². The molecule has 3 nitrogen and oxygen atoms in total. The van der Waals surface area contributed by atoms with E-state index in [1.54, 1.807) is 0 Å². The van der Waals surface area contributed by atoms with Crippen LogP contribution in [0.1, 0.15) is 26.2 Å². The van der Waals surface area contributed by atoms with Crippen LogP contribution >= 0.6 is 0 Å². The van der Waals surface area contributed by atoms with Crippen LogP contribution in [0.4, 0.5) is 0 Å². The zero-order valence-corrected chi connectivity index (χ0v) is 8.49. The van der Waals surface area contributed by atoms with Gasteiger partial charge in [-0.05, 0) is 18.9 Å². The van der Waals surface area contributed by atoms with Gasteiger partial charge in [-0.2, -0.15) is 0 Å². The molecule has 78 valence electrons. The van der Waals surface area contributed by atoms with E-state index < -0.39 is 0 Å². The van der Waals surface area contributed by atoms with E-state index in [2.05, 4.69) is 6.92 Å². The lowest BCUT2D eigenvalue weighted by molar-refractivity contribution is -0.110. The topological polar surface area (TPSA) is 35.5 Å². The highest BCUT2D eigenvalue weighted by Gasteiger charge is 2.06. The number of rotatable bonds is 6. The Balaban J connectivity index is 2.40. The van der Waals surface area contributed by atoms with Gasteiger partial charge < -0.3 is 9.47 Å². The van der Waals surface area contributed by atoms with Gasteiger partial charge in [-0.3, -0.25) is 4.79 Å². The molecule has 0 spiro atoms. The van der Waals surface area contributed by atoms with Crippen molar-refractivity contribution in [3.8, 4) is 0 Å². The molecule has 0 bridgehead atoms. The van der Waals surface area contributed by atoms with Crippen molar-refractivity contribution in [2.24, 2.45) is 0 Å². The largest absolute Gasteiger partial charge is 0.494 e. The van der Waals surface area contributed by atoms with Crippen LogP contribution in [-0.2, 0) is 14.3 Å². The van der Waals surface area contributed by atoms with E-state index in [-0.39, 0.29) is 6.61 Å². The molecule has 3 heteroatoms. The summed E-state index contributed by atoms with van der Waals surface area (Å²) in [5, 5.41) is 0. The fourth-order valence-corrected chi connectivity index (χ4v) is 1.22. The molecule has 0 N–H and O–H groups in total. The van der Waals surface area contributed by atoms with Crippen LogP contribution in [0.2, 0.25) is 0 Å². The van der Waals surface area contributed by atoms with E-state index in [1.165, 1.54) is 0 Å². The standard InChI is InChI=1S/C11H16O3/c1-2-7-13-10-4-3-5-11(9-10)14-8-6-12/h4,6,9H,2-3,5,7-8H2,1H3. The Kier molecular flexibility index (Phi) is 4.83. The second-order valence-electron chi connectivity index (χ2n) is 3.08. The van der Waals surface area contributed by atoms with Crippen molar-refractivity contribution in [3.05, 3.63) is 23.7 Å². The van der Waals surface area contributed by atoms with Gasteiger partial charge in [0, 0.05) is 12.5 Å². The van der Waals surface area contributed by atoms with E-state index in [9.17, 15) is 4.79 Å². The molecule has 0 atom stereocenters. The Hall–Kier alpha value is -1.25. The second kappa shape index (κ2) is 6.24. The molecular weight excluding hydrogens is 180 g/mol. The van der Waals surface area contributed by atoms with Gasteiger partial charge in [0.1, 0.15) is 18.1 Å². The molecule has 0 aromatic heterocycles. The molecule has 0 saturated heterocycles. The zero-order chi connectivity index (χ0) is 10.2. The third kappa shape index (κ3) is 3.64. The molecule has 0 amide bonds. The van der Waals surface area contributed by atoms with Gasteiger partial charge in [0.2, 0.25) is 0 Å². The minimum absolute atomic E-state index is 0.132. The second-order valence-corrected chi connectivity index (χ2v) is 3.08. The minimum Gasteiger partial charge on any atom is -0.494 e. The molecule has 0 aliphatic heterocycles. The SMILES string of the molecule is CCCOC1=CCCC(OCC=O)=C1. The summed E-state index contributed by atoms with van der Waals surface area (Å²) < 4.78 is 10.7. The quantitative estimate of drug-likeness (QED) is 0.611. The maximum atomic E-state index is 10.1. The van der Waals surface area contributed by atoms with Gasteiger partial charge in [0.15, 0.2) is 6.29 Å². The smallest absolute Gasteiger partial charge is 0.157 e. The number of allylic oxidation sites excluding steroid dienone is 3. The van der Waals surface area contributed by atoms with E-state index in [0.29, 0.717) is 0 Å². The Bertz CT molecular complexity index is 241. The highest BCUT2D eigenvalue weighted by Crippen LogP contribution is 2.18. The van der Waals surface area contributed by atoms with Crippen LogP contribution in [0, 0.1) is 0 Å². The Morgan fingerprint density at radius 3 is 3.07 bits per heavy atom. The third-order valence-electron chi connectivity index (χ3n) is 1.85. The molecule has 0 fully saturated rings. The number of hydrogen-bond donors (Lipinski definition) is 0. The van der Waals surface area contributed by atoms with Crippen molar-refractivity contribution in [2.75, 3.05) is 13.2 Å². The first-order chi connectivity index (χ1) is 6.86. The summed E-state index contributed by atoms with van der Waals surface area (Å²) in [5.74, 6) is 1.70. The molecule has 1 aliphatic carbocycles.